The van der Waals surface area contributed by atoms with Gasteiger partial charge in [0.15, 0.2) is 0 Å². The molecule has 13 heavy (non-hydrogen) atoms. The van der Waals surface area contributed by atoms with Crippen LogP contribution in [0.15, 0.2) is 18.2 Å². The molecule has 1 nitrogen and oxygen atoms in total. The van der Waals surface area contributed by atoms with Crippen LogP contribution in [-0.4, -0.2) is 6.54 Å². The fourth-order valence-electron chi connectivity index (χ4n) is 2.56. The lowest BCUT2D eigenvalue weighted by atomic mass is 9.82. The summed E-state index contributed by atoms with van der Waals surface area (Å²) < 4.78 is 0. The van der Waals surface area contributed by atoms with E-state index in [0.717, 1.165) is 11.6 Å². The molecule has 1 fully saturated rings. The average Bonchev–Trinajstić information content (AvgIpc) is 2.41. The van der Waals surface area contributed by atoms with Gasteiger partial charge in [-0.1, -0.05) is 17.7 Å². The summed E-state index contributed by atoms with van der Waals surface area (Å²) >= 11 is 6.00. The van der Waals surface area contributed by atoms with Gasteiger partial charge in [0, 0.05) is 10.6 Å². The quantitative estimate of drug-likeness (QED) is 0.668. The molecule has 68 valence electrons. The first-order valence-corrected chi connectivity index (χ1v) is 5.22. The second kappa shape index (κ2) is 2.49. The first-order chi connectivity index (χ1) is 6.30. The second-order valence-corrected chi connectivity index (χ2v) is 4.50. The molecule has 1 atom stereocenters. The van der Waals surface area contributed by atoms with Crippen LogP contribution in [0.4, 0.5) is 0 Å². The Morgan fingerprint density at radius 2 is 2.15 bits per heavy atom. The molecule has 0 bridgehead atoms. The molecule has 0 amide bonds. The highest BCUT2D eigenvalue weighted by molar-refractivity contribution is 6.30. The third-order valence-corrected chi connectivity index (χ3v) is 3.66. The second-order valence-electron chi connectivity index (χ2n) is 4.06. The van der Waals surface area contributed by atoms with Crippen molar-refractivity contribution in [3.05, 3.63) is 34.3 Å². The lowest BCUT2D eigenvalue weighted by Gasteiger charge is -2.41. The minimum absolute atomic E-state index is 0.306. The maximum Gasteiger partial charge on any atom is 0.0453 e. The van der Waals surface area contributed by atoms with E-state index in [9.17, 15) is 0 Å². The Hall–Kier alpha value is -0.530. The zero-order valence-electron chi connectivity index (χ0n) is 7.44. The van der Waals surface area contributed by atoms with Crippen LogP contribution < -0.4 is 5.32 Å². The minimum atomic E-state index is 0.306. The van der Waals surface area contributed by atoms with Crippen molar-refractivity contribution >= 4 is 11.6 Å². The van der Waals surface area contributed by atoms with E-state index in [1.807, 2.05) is 6.07 Å². The largest absolute Gasteiger partial charge is 0.307 e. The number of benzene rings is 1. The number of aryl methyl sites for hydroxylation is 1. The van der Waals surface area contributed by atoms with Gasteiger partial charge in [0.25, 0.3) is 0 Å². The van der Waals surface area contributed by atoms with Crippen molar-refractivity contribution in [1.29, 1.82) is 0 Å². The molecule has 1 heterocycles. The number of fused-ring (bicyclic) bond motifs is 2. The first kappa shape index (κ1) is 7.84. The Morgan fingerprint density at radius 1 is 1.31 bits per heavy atom. The highest BCUT2D eigenvalue weighted by atomic mass is 35.5. The van der Waals surface area contributed by atoms with Gasteiger partial charge in [0.1, 0.15) is 0 Å². The van der Waals surface area contributed by atoms with Crippen molar-refractivity contribution in [3.8, 4) is 0 Å². The molecule has 1 aliphatic heterocycles. The highest BCUT2D eigenvalue weighted by Gasteiger charge is 2.43. The molecule has 0 saturated carbocycles. The zero-order valence-corrected chi connectivity index (χ0v) is 8.19. The molecule has 3 rings (SSSR count). The molecule has 1 aromatic rings. The van der Waals surface area contributed by atoms with Crippen LogP contribution in [0.5, 0.6) is 0 Å². The van der Waals surface area contributed by atoms with Gasteiger partial charge in [-0.2, -0.15) is 0 Å². The topological polar surface area (TPSA) is 12.0 Å². The van der Waals surface area contributed by atoms with E-state index in [2.05, 4.69) is 17.4 Å². The predicted molar refractivity (Wildman–Crippen MR) is 54.1 cm³/mol. The van der Waals surface area contributed by atoms with Gasteiger partial charge < -0.3 is 5.32 Å². The van der Waals surface area contributed by atoms with Crippen molar-refractivity contribution in [2.24, 2.45) is 0 Å². The predicted octanol–water partition coefficient (Wildman–Crippen LogP) is 2.47. The Bertz CT molecular complexity index is 355. The van der Waals surface area contributed by atoms with Gasteiger partial charge in [0.2, 0.25) is 0 Å². The maximum absolute atomic E-state index is 6.00. The van der Waals surface area contributed by atoms with E-state index in [-0.39, 0.29) is 0 Å². The summed E-state index contributed by atoms with van der Waals surface area (Å²) in [5, 5.41) is 4.41. The van der Waals surface area contributed by atoms with Gasteiger partial charge in [-0.15, -0.1) is 0 Å². The van der Waals surface area contributed by atoms with E-state index >= 15 is 0 Å². The molecule has 1 spiro atoms. The van der Waals surface area contributed by atoms with Crippen LogP contribution in [0.25, 0.3) is 0 Å². The fourth-order valence-corrected chi connectivity index (χ4v) is 2.74. The van der Waals surface area contributed by atoms with Crippen LogP contribution in [0.2, 0.25) is 5.02 Å². The molecule has 1 saturated heterocycles. The lowest BCUT2D eigenvalue weighted by molar-refractivity contribution is 0.210. The molecule has 1 aromatic carbocycles. The number of halogens is 1. The molecule has 1 aliphatic carbocycles. The monoisotopic (exact) mass is 193 g/mol. The van der Waals surface area contributed by atoms with Crippen molar-refractivity contribution < 1.29 is 0 Å². The standard InChI is InChI=1S/C11H12ClN/c12-9-2-1-8-3-4-11(5-6-13-11)10(8)7-9/h1-2,7,13H,3-6H2/t11-/m1/s1. The zero-order chi connectivity index (χ0) is 8.89. The van der Waals surface area contributed by atoms with Crippen LogP contribution in [0.1, 0.15) is 24.0 Å². The van der Waals surface area contributed by atoms with Gasteiger partial charge in [-0.3, -0.25) is 0 Å². The van der Waals surface area contributed by atoms with E-state index in [1.165, 1.54) is 30.4 Å². The van der Waals surface area contributed by atoms with E-state index < -0.39 is 0 Å². The Kier molecular flexibility index (Phi) is 1.50. The van der Waals surface area contributed by atoms with Crippen molar-refractivity contribution in [1.82, 2.24) is 5.32 Å². The molecule has 2 heteroatoms. The lowest BCUT2D eigenvalue weighted by Crippen LogP contribution is -2.52. The van der Waals surface area contributed by atoms with Crippen LogP contribution in [-0.2, 0) is 12.0 Å². The number of nitrogens with one attached hydrogen (secondary N) is 1. The van der Waals surface area contributed by atoms with E-state index in [1.54, 1.807) is 0 Å². The van der Waals surface area contributed by atoms with Crippen molar-refractivity contribution in [2.45, 2.75) is 24.8 Å². The smallest absolute Gasteiger partial charge is 0.0453 e. The van der Waals surface area contributed by atoms with Crippen molar-refractivity contribution in [2.75, 3.05) is 6.54 Å². The molecule has 0 radical (unpaired) electrons. The molecule has 0 aromatic heterocycles. The number of rotatable bonds is 0. The summed E-state index contributed by atoms with van der Waals surface area (Å²) in [6.07, 6.45) is 3.74. The van der Waals surface area contributed by atoms with Gasteiger partial charge in [-0.25, -0.2) is 0 Å². The SMILES string of the molecule is Clc1ccc2c(c1)[C@]1(CCN1)CC2. The number of hydrogen-bond acceptors (Lipinski definition) is 1. The van der Waals surface area contributed by atoms with Crippen LogP contribution in [0, 0.1) is 0 Å². The highest BCUT2D eigenvalue weighted by Crippen LogP contribution is 2.44. The molecule has 2 aliphatic rings. The number of hydrogen-bond donors (Lipinski definition) is 1. The summed E-state index contributed by atoms with van der Waals surface area (Å²) in [6, 6.07) is 6.31. The Balaban J connectivity index is 2.14. The third kappa shape index (κ3) is 0.976. The third-order valence-electron chi connectivity index (χ3n) is 3.42. The molecule has 1 N–H and O–H groups in total. The molecule has 0 unspecified atom stereocenters. The van der Waals surface area contributed by atoms with E-state index in [0.29, 0.717) is 5.54 Å². The minimum Gasteiger partial charge on any atom is -0.307 e. The summed E-state index contributed by atoms with van der Waals surface area (Å²) in [5.74, 6) is 0. The summed E-state index contributed by atoms with van der Waals surface area (Å²) in [7, 11) is 0. The van der Waals surface area contributed by atoms with Crippen LogP contribution in [0.3, 0.4) is 0 Å². The summed E-state index contributed by atoms with van der Waals surface area (Å²) in [4.78, 5) is 0. The van der Waals surface area contributed by atoms with Crippen molar-refractivity contribution in [3.63, 3.8) is 0 Å². The van der Waals surface area contributed by atoms with Crippen LogP contribution >= 0.6 is 11.6 Å². The van der Waals surface area contributed by atoms with E-state index in [4.69, 9.17) is 11.6 Å². The maximum atomic E-state index is 6.00. The molecular weight excluding hydrogens is 182 g/mol. The first-order valence-electron chi connectivity index (χ1n) is 4.84. The Morgan fingerprint density at radius 3 is 2.85 bits per heavy atom. The fraction of sp³-hybridized carbons (Fsp3) is 0.455. The summed E-state index contributed by atoms with van der Waals surface area (Å²) in [5.41, 5.74) is 3.24. The van der Waals surface area contributed by atoms with Gasteiger partial charge >= 0.3 is 0 Å². The van der Waals surface area contributed by atoms with Gasteiger partial charge in [-0.05, 0) is 49.1 Å². The summed E-state index contributed by atoms with van der Waals surface area (Å²) in [6.45, 7) is 1.16. The average molecular weight is 194 g/mol. The Labute approximate surface area is 83.1 Å². The normalized spacial score (nSPS) is 30.2. The van der Waals surface area contributed by atoms with Gasteiger partial charge in [0.05, 0.1) is 0 Å². The molecular formula is C11H12ClN.